The van der Waals surface area contributed by atoms with Crippen molar-refractivity contribution < 1.29 is 9.59 Å². The summed E-state index contributed by atoms with van der Waals surface area (Å²) in [5.74, 6) is -0.0692. The van der Waals surface area contributed by atoms with Crippen LogP contribution < -0.4 is 0 Å². The molecule has 4 aromatic rings. The zero-order valence-electron chi connectivity index (χ0n) is 16.2. The van der Waals surface area contributed by atoms with Gasteiger partial charge in [-0.1, -0.05) is 109 Å². The Labute approximate surface area is 175 Å². The van der Waals surface area contributed by atoms with Crippen LogP contribution in [-0.2, 0) is 0 Å². The van der Waals surface area contributed by atoms with Gasteiger partial charge in [0.1, 0.15) is 0 Å². The van der Waals surface area contributed by atoms with E-state index in [9.17, 15) is 9.59 Å². The molecule has 142 valence electrons. The molecule has 0 unspecified atom stereocenters. The molecule has 0 saturated carbocycles. The summed E-state index contributed by atoms with van der Waals surface area (Å²) in [6.45, 7) is 0. The molecular formula is C28H18O2. The molecule has 0 N–H and O–H groups in total. The van der Waals surface area contributed by atoms with E-state index in [-0.39, 0.29) is 11.6 Å². The molecule has 30 heavy (non-hydrogen) atoms. The van der Waals surface area contributed by atoms with Gasteiger partial charge in [-0.15, -0.1) is 0 Å². The fourth-order valence-corrected chi connectivity index (χ4v) is 4.09. The first-order chi connectivity index (χ1) is 14.8. The lowest BCUT2D eigenvalue weighted by atomic mass is 9.77. The summed E-state index contributed by atoms with van der Waals surface area (Å²) < 4.78 is 0. The zero-order chi connectivity index (χ0) is 20.5. The van der Waals surface area contributed by atoms with Gasteiger partial charge in [0.15, 0.2) is 11.6 Å². The summed E-state index contributed by atoms with van der Waals surface area (Å²) in [5, 5.41) is 0. The Morgan fingerprint density at radius 1 is 0.467 bits per heavy atom. The van der Waals surface area contributed by atoms with Crippen molar-refractivity contribution >= 4 is 22.7 Å². The van der Waals surface area contributed by atoms with E-state index in [2.05, 4.69) is 0 Å². The van der Waals surface area contributed by atoms with Crippen LogP contribution in [0.3, 0.4) is 0 Å². The molecule has 0 saturated heterocycles. The Morgan fingerprint density at radius 3 is 1.37 bits per heavy atom. The molecule has 0 radical (unpaired) electrons. The molecule has 2 nitrogen and oxygen atoms in total. The standard InChI is InChI=1S/C28H18O2/c29-27(20-13-5-2-6-14-20)25(19-11-3-1-4-12-19)26-21-15-7-9-17-23(21)28(30)24-18-10-8-16-22(24)26/h1-18H. The normalized spacial score (nSPS) is 12.1. The molecular weight excluding hydrogens is 368 g/mol. The van der Waals surface area contributed by atoms with Gasteiger partial charge in [-0.2, -0.15) is 0 Å². The molecule has 4 aromatic carbocycles. The van der Waals surface area contributed by atoms with Gasteiger partial charge >= 0.3 is 0 Å². The van der Waals surface area contributed by atoms with Gasteiger partial charge in [0.2, 0.25) is 0 Å². The van der Waals surface area contributed by atoms with Crippen molar-refractivity contribution in [2.75, 3.05) is 0 Å². The first-order valence-electron chi connectivity index (χ1n) is 9.88. The maximum absolute atomic E-state index is 13.8. The van der Waals surface area contributed by atoms with Crippen LogP contribution in [0.1, 0.15) is 43.0 Å². The van der Waals surface area contributed by atoms with Crippen molar-refractivity contribution in [3.05, 3.63) is 143 Å². The van der Waals surface area contributed by atoms with Crippen molar-refractivity contribution in [1.29, 1.82) is 0 Å². The van der Waals surface area contributed by atoms with Crippen molar-refractivity contribution in [3.63, 3.8) is 0 Å². The van der Waals surface area contributed by atoms with Crippen molar-refractivity contribution in [2.45, 2.75) is 0 Å². The van der Waals surface area contributed by atoms with Gasteiger partial charge in [0, 0.05) is 27.8 Å². The predicted octanol–water partition coefficient (Wildman–Crippen LogP) is 6.07. The van der Waals surface area contributed by atoms with Crippen molar-refractivity contribution in [1.82, 2.24) is 0 Å². The third-order valence-corrected chi connectivity index (χ3v) is 5.46. The number of benzene rings is 4. The topological polar surface area (TPSA) is 34.1 Å². The van der Waals surface area contributed by atoms with E-state index in [1.165, 1.54) is 0 Å². The third kappa shape index (κ3) is 2.90. The highest BCUT2D eigenvalue weighted by molar-refractivity contribution is 6.38. The number of allylic oxidation sites excluding steroid dienone is 1. The average Bonchev–Trinajstić information content (AvgIpc) is 2.82. The molecule has 0 aliphatic heterocycles. The molecule has 0 amide bonds. The summed E-state index contributed by atoms with van der Waals surface area (Å²) >= 11 is 0. The number of rotatable bonds is 3. The number of hydrogen-bond donors (Lipinski definition) is 0. The van der Waals surface area contributed by atoms with Gasteiger partial charge in [0.25, 0.3) is 0 Å². The van der Waals surface area contributed by atoms with Crippen LogP contribution >= 0.6 is 0 Å². The van der Waals surface area contributed by atoms with E-state index >= 15 is 0 Å². The summed E-state index contributed by atoms with van der Waals surface area (Å²) in [6, 6.07) is 34.1. The number of carbonyl (C=O) groups is 2. The minimum absolute atomic E-state index is 0.00970. The Balaban J connectivity index is 1.91. The van der Waals surface area contributed by atoms with Crippen LogP contribution in [0, 0.1) is 0 Å². The van der Waals surface area contributed by atoms with Gasteiger partial charge < -0.3 is 0 Å². The van der Waals surface area contributed by atoms with Gasteiger partial charge in [-0.3, -0.25) is 9.59 Å². The molecule has 1 aliphatic rings. The molecule has 0 bridgehead atoms. The molecule has 1 aliphatic carbocycles. The quantitative estimate of drug-likeness (QED) is 0.278. The van der Waals surface area contributed by atoms with Crippen LogP contribution in [0.2, 0.25) is 0 Å². The van der Waals surface area contributed by atoms with Crippen LogP contribution in [-0.4, -0.2) is 11.6 Å². The van der Waals surface area contributed by atoms with Crippen molar-refractivity contribution in [3.8, 4) is 0 Å². The van der Waals surface area contributed by atoms with E-state index in [0.717, 1.165) is 22.3 Å². The van der Waals surface area contributed by atoms with E-state index < -0.39 is 0 Å². The molecule has 0 spiro atoms. The second kappa shape index (κ2) is 7.41. The van der Waals surface area contributed by atoms with Crippen LogP contribution in [0.5, 0.6) is 0 Å². The second-order valence-electron chi connectivity index (χ2n) is 7.23. The monoisotopic (exact) mass is 386 g/mol. The number of Topliss-reactive ketones (excluding diaryl/α,β-unsaturated/α-hetero) is 1. The van der Waals surface area contributed by atoms with Crippen LogP contribution in [0.15, 0.2) is 109 Å². The Morgan fingerprint density at radius 2 is 0.867 bits per heavy atom. The van der Waals surface area contributed by atoms with E-state index in [1.54, 1.807) is 0 Å². The lowest BCUT2D eigenvalue weighted by molar-refractivity contribution is 0.103. The summed E-state index contributed by atoms with van der Waals surface area (Å²) in [7, 11) is 0. The summed E-state index contributed by atoms with van der Waals surface area (Å²) in [5.41, 5.74) is 5.71. The fraction of sp³-hybridized carbons (Fsp3) is 0. The summed E-state index contributed by atoms with van der Waals surface area (Å²) in [4.78, 5) is 26.9. The van der Waals surface area contributed by atoms with Crippen LogP contribution in [0.25, 0.3) is 11.1 Å². The fourth-order valence-electron chi connectivity index (χ4n) is 4.09. The number of ketones is 2. The van der Waals surface area contributed by atoms with E-state index in [1.807, 2.05) is 109 Å². The SMILES string of the molecule is O=C(C(=C1c2ccccc2C(=O)c2ccccc21)c1ccccc1)c1ccccc1. The molecule has 2 heteroatoms. The lowest BCUT2D eigenvalue weighted by Gasteiger charge is -2.24. The van der Waals surface area contributed by atoms with Gasteiger partial charge in [-0.05, 0) is 16.7 Å². The summed E-state index contributed by atoms with van der Waals surface area (Å²) in [6.07, 6.45) is 0. The Bertz CT molecular complexity index is 1250. The highest BCUT2D eigenvalue weighted by atomic mass is 16.1. The minimum atomic E-state index is -0.0595. The van der Waals surface area contributed by atoms with E-state index in [0.29, 0.717) is 22.3 Å². The average molecular weight is 386 g/mol. The highest BCUT2D eigenvalue weighted by Crippen LogP contribution is 2.41. The predicted molar refractivity (Wildman–Crippen MR) is 119 cm³/mol. The smallest absolute Gasteiger partial charge is 0.194 e. The number of hydrogen-bond acceptors (Lipinski definition) is 2. The molecule has 5 rings (SSSR count). The Kier molecular flexibility index (Phi) is 4.45. The first-order valence-corrected chi connectivity index (χ1v) is 9.88. The number of fused-ring (bicyclic) bond motifs is 2. The largest absolute Gasteiger partial charge is 0.289 e. The maximum atomic E-state index is 13.8. The molecule has 0 fully saturated rings. The van der Waals surface area contributed by atoms with Gasteiger partial charge in [0.05, 0.1) is 0 Å². The Hall–Kier alpha value is -4.04. The zero-order valence-corrected chi connectivity index (χ0v) is 16.2. The first kappa shape index (κ1) is 18.0. The van der Waals surface area contributed by atoms with Crippen LogP contribution in [0.4, 0.5) is 0 Å². The molecule has 0 aromatic heterocycles. The molecule has 0 heterocycles. The van der Waals surface area contributed by atoms with Gasteiger partial charge in [-0.25, -0.2) is 0 Å². The van der Waals surface area contributed by atoms with Crippen molar-refractivity contribution in [2.24, 2.45) is 0 Å². The second-order valence-corrected chi connectivity index (χ2v) is 7.23. The third-order valence-electron chi connectivity index (χ3n) is 5.46. The number of carbonyl (C=O) groups excluding carboxylic acids is 2. The van der Waals surface area contributed by atoms with E-state index in [4.69, 9.17) is 0 Å². The maximum Gasteiger partial charge on any atom is 0.194 e. The minimum Gasteiger partial charge on any atom is -0.289 e. The molecule has 0 atom stereocenters. The lowest BCUT2D eigenvalue weighted by Crippen LogP contribution is -2.17. The highest BCUT2D eigenvalue weighted by Gasteiger charge is 2.31.